The Kier molecular flexibility index (Phi) is 4.81. The van der Waals surface area contributed by atoms with Crippen LogP contribution in [0.25, 0.3) is 0 Å². The molecule has 1 aliphatic carbocycles. The fourth-order valence-electron chi connectivity index (χ4n) is 3.87. The molecule has 0 amide bonds. The van der Waals surface area contributed by atoms with Crippen molar-refractivity contribution in [2.45, 2.75) is 44.9 Å². The van der Waals surface area contributed by atoms with E-state index in [1.54, 1.807) is 11.3 Å². The predicted molar refractivity (Wildman–Crippen MR) is 116 cm³/mol. The molecule has 1 N–H and O–H groups in total. The van der Waals surface area contributed by atoms with Gasteiger partial charge >= 0.3 is 0 Å². The predicted octanol–water partition coefficient (Wildman–Crippen LogP) is 6.46. The van der Waals surface area contributed by atoms with Crippen molar-refractivity contribution in [1.82, 2.24) is 4.98 Å². The van der Waals surface area contributed by atoms with E-state index in [0.29, 0.717) is 5.92 Å². The van der Waals surface area contributed by atoms with Crippen LogP contribution >= 0.6 is 11.3 Å². The highest BCUT2D eigenvalue weighted by molar-refractivity contribution is 7.13. The van der Waals surface area contributed by atoms with Gasteiger partial charge in [0.2, 0.25) is 0 Å². The molecule has 0 aliphatic heterocycles. The van der Waals surface area contributed by atoms with E-state index in [1.165, 1.54) is 29.7 Å². The van der Waals surface area contributed by atoms with Gasteiger partial charge in [0.05, 0.1) is 5.69 Å². The smallest absolute Gasteiger partial charge is 0.182 e. The molecule has 0 radical (unpaired) electrons. The fourth-order valence-corrected chi connectivity index (χ4v) is 4.81. The minimum Gasteiger partial charge on any atom is -0.361 e. The maximum Gasteiger partial charge on any atom is 0.182 e. The van der Waals surface area contributed by atoms with Gasteiger partial charge in [-0.1, -0.05) is 81.4 Å². The van der Waals surface area contributed by atoms with Crippen LogP contribution in [-0.4, -0.2) is 11.5 Å². The number of thiazole rings is 1. The number of rotatable bonds is 6. The molecular formula is C24H28N2S. The minimum absolute atomic E-state index is 0.101. The van der Waals surface area contributed by atoms with Crippen LogP contribution in [0.15, 0.2) is 66.0 Å². The lowest BCUT2D eigenvalue weighted by Gasteiger charge is -2.28. The zero-order valence-corrected chi connectivity index (χ0v) is 17.2. The highest BCUT2D eigenvalue weighted by Gasteiger charge is 2.50. The van der Waals surface area contributed by atoms with Gasteiger partial charge in [-0.05, 0) is 29.4 Å². The first-order valence-corrected chi connectivity index (χ1v) is 10.7. The molecule has 1 aromatic heterocycles. The van der Waals surface area contributed by atoms with Crippen LogP contribution < -0.4 is 5.32 Å². The molecule has 27 heavy (non-hydrogen) atoms. The van der Waals surface area contributed by atoms with Crippen molar-refractivity contribution in [3.8, 4) is 0 Å². The maximum atomic E-state index is 4.82. The van der Waals surface area contributed by atoms with Crippen LogP contribution in [0.2, 0.25) is 0 Å². The molecule has 4 rings (SSSR count). The van der Waals surface area contributed by atoms with Gasteiger partial charge in [-0.15, -0.1) is 11.3 Å². The van der Waals surface area contributed by atoms with E-state index >= 15 is 0 Å². The van der Waals surface area contributed by atoms with Crippen LogP contribution in [0.4, 0.5) is 5.13 Å². The minimum atomic E-state index is 0.101. The molecular weight excluding hydrogens is 348 g/mol. The van der Waals surface area contributed by atoms with Crippen molar-refractivity contribution in [2.75, 3.05) is 11.9 Å². The first-order chi connectivity index (χ1) is 13.0. The van der Waals surface area contributed by atoms with Gasteiger partial charge in [0.25, 0.3) is 0 Å². The van der Waals surface area contributed by atoms with Crippen LogP contribution in [-0.2, 0) is 5.41 Å². The van der Waals surface area contributed by atoms with Crippen LogP contribution in [0.3, 0.4) is 0 Å². The quantitative estimate of drug-likeness (QED) is 0.533. The lowest BCUT2D eigenvalue weighted by molar-refractivity contribution is 0.471. The summed E-state index contributed by atoms with van der Waals surface area (Å²) in [7, 11) is 0. The van der Waals surface area contributed by atoms with Crippen molar-refractivity contribution < 1.29 is 0 Å². The Morgan fingerprint density at radius 3 is 1.96 bits per heavy atom. The highest BCUT2D eigenvalue weighted by Crippen LogP contribution is 2.58. The third-order valence-corrected chi connectivity index (χ3v) is 6.43. The Labute approximate surface area is 166 Å². The zero-order valence-electron chi connectivity index (χ0n) is 16.4. The molecule has 0 spiro atoms. The summed E-state index contributed by atoms with van der Waals surface area (Å²) in [6.45, 7) is 7.62. The molecule has 2 aromatic carbocycles. The molecule has 1 aliphatic rings. The van der Waals surface area contributed by atoms with Gasteiger partial charge in [0.15, 0.2) is 5.13 Å². The molecule has 3 heteroatoms. The second-order valence-corrected chi connectivity index (χ2v) is 9.62. The monoisotopic (exact) mass is 376 g/mol. The summed E-state index contributed by atoms with van der Waals surface area (Å²) in [5.74, 6) is 0.425. The molecule has 0 atom stereocenters. The van der Waals surface area contributed by atoms with Crippen molar-refractivity contribution in [1.29, 1.82) is 0 Å². The zero-order chi connectivity index (χ0) is 18.9. The number of hydrogen-bond acceptors (Lipinski definition) is 3. The molecule has 0 saturated heterocycles. The summed E-state index contributed by atoms with van der Waals surface area (Å²) in [6.07, 6.45) is 2.51. The lowest BCUT2D eigenvalue weighted by atomic mass is 9.78. The van der Waals surface area contributed by atoms with E-state index in [9.17, 15) is 0 Å². The van der Waals surface area contributed by atoms with Gasteiger partial charge in [0, 0.05) is 23.3 Å². The number of nitrogens with zero attached hydrogens (tertiary/aromatic N) is 1. The molecule has 1 fully saturated rings. The first-order valence-electron chi connectivity index (χ1n) is 9.78. The molecule has 1 heterocycles. The molecule has 0 unspecified atom stereocenters. The van der Waals surface area contributed by atoms with Crippen molar-refractivity contribution in [2.24, 2.45) is 5.41 Å². The Balaban J connectivity index is 1.58. The average Bonchev–Trinajstić information content (AvgIpc) is 3.27. The van der Waals surface area contributed by atoms with Gasteiger partial charge < -0.3 is 5.32 Å². The van der Waals surface area contributed by atoms with Gasteiger partial charge in [-0.2, -0.15) is 0 Å². The summed E-state index contributed by atoms with van der Waals surface area (Å²) in [5.41, 5.74) is 4.37. The fraction of sp³-hybridized carbons (Fsp3) is 0.375. The van der Waals surface area contributed by atoms with Gasteiger partial charge in [-0.25, -0.2) is 4.98 Å². The number of aromatic nitrogens is 1. The van der Waals surface area contributed by atoms with E-state index in [2.05, 4.69) is 92.1 Å². The normalized spacial score (nSPS) is 15.7. The molecule has 0 bridgehead atoms. The van der Waals surface area contributed by atoms with Crippen molar-refractivity contribution >= 4 is 16.5 Å². The van der Waals surface area contributed by atoms with Crippen LogP contribution in [0.5, 0.6) is 0 Å². The maximum absolute atomic E-state index is 4.82. The standard InChI is InChI=1S/C24H28N2S/c1-23(2,3)20-16-27-22(26-20)25-17-24(14-15-24)21(18-10-6-4-7-11-18)19-12-8-5-9-13-19/h4-13,16,21H,14-15,17H2,1-3H3,(H,25,26). The second-order valence-electron chi connectivity index (χ2n) is 8.76. The van der Waals surface area contributed by atoms with E-state index in [-0.39, 0.29) is 10.8 Å². The Morgan fingerprint density at radius 2 is 1.52 bits per heavy atom. The van der Waals surface area contributed by atoms with E-state index in [1.807, 2.05) is 0 Å². The molecule has 2 nitrogen and oxygen atoms in total. The van der Waals surface area contributed by atoms with Crippen LogP contribution in [0, 0.1) is 5.41 Å². The van der Waals surface area contributed by atoms with Crippen molar-refractivity contribution in [3.63, 3.8) is 0 Å². The van der Waals surface area contributed by atoms with Gasteiger partial charge in [0.1, 0.15) is 0 Å². The summed E-state index contributed by atoms with van der Waals surface area (Å²) in [4.78, 5) is 4.82. The summed E-state index contributed by atoms with van der Waals surface area (Å²) >= 11 is 1.73. The summed E-state index contributed by atoms with van der Waals surface area (Å²) in [6, 6.07) is 21.9. The molecule has 3 aromatic rings. The van der Waals surface area contributed by atoms with Gasteiger partial charge in [-0.3, -0.25) is 0 Å². The average molecular weight is 377 g/mol. The number of nitrogens with one attached hydrogen (secondary N) is 1. The summed E-state index contributed by atoms with van der Waals surface area (Å²) < 4.78 is 0. The second kappa shape index (κ2) is 7.12. The van der Waals surface area contributed by atoms with E-state index in [4.69, 9.17) is 4.98 Å². The van der Waals surface area contributed by atoms with Crippen LogP contribution in [0.1, 0.15) is 56.4 Å². The number of hydrogen-bond donors (Lipinski definition) is 1. The molecule has 1 saturated carbocycles. The SMILES string of the molecule is CC(C)(C)c1csc(NCC2(C(c3ccccc3)c3ccccc3)CC2)n1. The highest BCUT2D eigenvalue weighted by atomic mass is 32.1. The Morgan fingerprint density at radius 1 is 0.963 bits per heavy atom. The number of benzene rings is 2. The Hall–Kier alpha value is -2.13. The number of anilines is 1. The van der Waals surface area contributed by atoms with E-state index in [0.717, 1.165) is 11.7 Å². The summed E-state index contributed by atoms with van der Waals surface area (Å²) in [5, 5.41) is 6.90. The van der Waals surface area contributed by atoms with Crippen molar-refractivity contribution in [3.05, 3.63) is 82.9 Å². The first kappa shape index (κ1) is 18.2. The topological polar surface area (TPSA) is 24.9 Å². The van der Waals surface area contributed by atoms with E-state index < -0.39 is 0 Å². The Bertz CT molecular complexity index is 834. The largest absolute Gasteiger partial charge is 0.361 e. The third kappa shape index (κ3) is 3.93. The molecule has 140 valence electrons. The third-order valence-electron chi connectivity index (χ3n) is 5.63. The lowest BCUT2D eigenvalue weighted by Crippen LogP contribution is -2.24.